The molecule has 0 fully saturated rings. The van der Waals surface area contributed by atoms with Crippen molar-refractivity contribution in [2.75, 3.05) is 11.1 Å². The maximum absolute atomic E-state index is 11.1. The Morgan fingerprint density at radius 1 is 1.27 bits per heavy atom. The van der Waals surface area contributed by atoms with E-state index in [2.05, 4.69) is 34.5 Å². The molecular formula is C15H17N5OS. The quantitative estimate of drug-likeness (QED) is 0.945. The van der Waals surface area contributed by atoms with E-state index < -0.39 is 0 Å². The van der Waals surface area contributed by atoms with Gasteiger partial charge in [-0.15, -0.1) is 10.2 Å². The van der Waals surface area contributed by atoms with E-state index in [1.807, 2.05) is 28.9 Å². The summed E-state index contributed by atoms with van der Waals surface area (Å²) in [5.41, 5.74) is 2.80. The maximum Gasteiger partial charge on any atom is 0.221 e. The van der Waals surface area contributed by atoms with Crippen molar-refractivity contribution in [2.45, 2.75) is 31.8 Å². The molecule has 22 heavy (non-hydrogen) atoms. The largest absolute Gasteiger partial charge is 0.326 e. The molecule has 0 radical (unpaired) electrons. The molecule has 1 aromatic heterocycles. The highest BCUT2D eigenvalue weighted by atomic mass is 32.2. The van der Waals surface area contributed by atoms with Gasteiger partial charge in [-0.3, -0.25) is 4.79 Å². The number of fused-ring (bicyclic) bond motifs is 1. The molecule has 0 bridgehead atoms. The van der Waals surface area contributed by atoms with Gasteiger partial charge in [0.2, 0.25) is 11.1 Å². The fourth-order valence-electron chi connectivity index (χ4n) is 2.19. The van der Waals surface area contributed by atoms with E-state index in [0.717, 1.165) is 33.7 Å². The van der Waals surface area contributed by atoms with Gasteiger partial charge in [-0.25, -0.2) is 0 Å². The summed E-state index contributed by atoms with van der Waals surface area (Å²) >= 11 is 1.63. The molecule has 7 heteroatoms. The normalized spacial score (nSPS) is 13.7. The van der Waals surface area contributed by atoms with Gasteiger partial charge >= 0.3 is 0 Å². The van der Waals surface area contributed by atoms with Crippen LogP contribution in [0.15, 0.2) is 34.5 Å². The molecule has 0 saturated heterocycles. The molecular weight excluding hydrogens is 298 g/mol. The number of hydrogen-bond donors (Lipinski definition) is 1. The second kappa shape index (κ2) is 5.92. The van der Waals surface area contributed by atoms with Crippen molar-refractivity contribution >= 4 is 29.1 Å². The summed E-state index contributed by atoms with van der Waals surface area (Å²) in [6, 6.07) is 7.70. The summed E-state index contributed by atoms with van der Waals surface area (Å²) in [6.45, 7) is 5.65. The molecule has 0 aliphatic carbocycles. The zero-order valence-electron chi connectivity index (χ0n) is 12.7. The Bertz CT molecular complexity index is 733. The number of aromatic nitrogens is 3. The summed E-state index contributed by atoms with van der Waals surface area (Å²) < 4.78 is 1.83. The Morgan fingerprint density at radius 2 is 2.00 bits per heavy atom. The molecule has 1 aromatic carbocycles. The molecule has 0 spiro atoms. The number of benzene rings is 1. The second-order valence-corrected chi connectivity index (χ2v) is 6.34. The lowest BCUT2D eigenvalue weighted by Crippen LogP contribution is -2.15. The number of anilines is 1. The van der Waals surface area contributed by atoms with Gasteiger partial charge in [-0.05, 0) is 17.7 Å². The predicted octanol–water partition coefficient (Wildman–Crippen LogP) is 2.72. The van der Waals surface area contributed by atoms with Gasteiger partial charge in [0, 0.05) is 24.3 Å². The lowest BCUT2D eigenvalue weighted by Gasteiger charge is -2.15. The number of hydrogen-bond acceptors (Lipinski definition) is 5. The van der Waals surface area contributed by atoms with Crippen LogP contribution in [0.2, 0.25) is 0 Å². The van der Waals surface area contributed by atoms with Gasteiger partial charge < -0.3 is 5.32 Å². The van der Waals surface area contributed by atoms with Gasteiger partial charge in [-0.2, -0.15) is 9.78 Å². The lowest BCUT2D eigenvalue weighted by atomic mass is 10.1. The Labute approximate surface area is 133 Å². The molecule has 1 aliphatic heterocycles. The van der Waals surface area contributed by atoms with Crippen LogP contribution in [0.3, 0.4) is 0 Å². The minimum atomic E-state index is -0.0750. The van der Waals surface area contributed by atoms with Crippen LogP contribution in [0.1, 0.15) is 38.1 Å². The molecule has 3 rings (SSSR count). The summed E-state index contributed by atoms with van der Waals surface area (Å²) in [5, 5.41) is 16.7. The van der Waals surface area contributed by atoms with Crippen molar-refractivity contribution in [3.05, 3.63) is 35.7 Å². The summed E-state index contributed by atoms with van der Waals surface area (Å²) in [6.07, 6.45) is 0. The first-order valence-electron chi connectivity index (χ1n) is 7.08. The Morgan fingerprint density at radius 3 is 2.64 bits per heavy atom. The van der Waals surface area contributed by atoms with Gasteiger partial charge in [0.05, 0.1) is 5.71 Å². The summed E-state index contributed by atoms with van der Waals surface area (Å²) in [4.78, 5) is 11.1. The van der Waals surface area contributed by atoms with Crippen LogP contribution in [-0.4, -0.2) is 32.2 Å². The number of amides is 1. The number of nitrogens with zero attached hydrogens (tertiary/aromatic N) is 4. The third-order valence-corrected chi connectivity index (χ3v) is 4.18. The topological polar surface area (TPSA) is 72.2 Å². The third kappa shape index (κ3) is 2.89. The summed E-state index contributed by atoms with van der Waals surface area (Å²) in [7, 11) is 0. The standard InChI is InChI=1S/C15H17N5OS/c1-9(2)14-17-18-15-20(14)19-13(8-22-15)11-4-6-12(7-5-11)16-10(3)21/h4-7,9H,8H2,1-3H3,(H,16,21). The molecule has 6 nitrogen and oxygen atoms in total. The molecule has 1 N–H and O–H groups in total. The van der Waals surface area contributed by atoms with Gasteiger partial charge in [0.25, 0.3) is 0 Å². The second-order valence-electron chi connectivity index (χ2n) is 5.40. The van der Waals surface area contributed by atoms with Crippen molar-refractivity contribution in [3.63, 3.8) is 0 Å². The maximum atomic E-state index is 11.1. The SMILES string of the molecule is CC(=O)Nc1ccc(C2=Nn3c(nnc3C(C)C)SC2)cc1. The zero-order chi connectivity index (χ0) is 15.7. The van der Waals surface area contributed by atoms with Gasteiger partial charge in [0.15, 0.2) is 5.82 Å². The first-order chi connectivity index (χ1) is 10.5. The van der Waals surface area contributed by atoms with E-state index in [9.17, 15) is 4.79 Å². The monoisotopic (exact) mass is 315 g/mol. The van der Waals surface area contributed by atoms with E-state index in [1.165, 1.54) is 6.92 Å². The Kier molecular flexibility index (Phi) is 3.98. The van der Waals surface area contributed by atoms with Gasteiger partial charge in [0.1, 0.15) is 0 Å². The fourth-order valence-corrected chi connectivity index (χ4v) is 3.04. The molecule has 2 aromatic rings. The van der Waals surface area contributed by atoms with Crippen LogP contribution >= 0.6 is 11.8 Å². The van der Waals surface area contributed by atoms with Crippen LogP contribution in [0.5, 0.6) is 0 Å². The Hall–Kier alpha value is -2.15. The van der Waals surface area contributed by atoms with Crippen molar-refractivity contribution in [1.29, 1.82) is 0 Å². The first kappa shape index (κ1) is 14.8. The van der Waals surface area contributed by atoms with E-state index in [-0.39, 0.29) is 11.8 Å². The molecule has 114 valence electrons. The molecule has 2 heterocycles. The molecule has 0 unspecified atom stereocenters. The number of carbonyl (C=O) groups excluding carboxylic acids is 1. The Balaban J connectivity index is 1.90. The third-order valence-electron chi connectivity index (χ3n) is 3.25. The number of nitrogens with one attached hydrogen (secondary N) is 1. The predicted molar refractivity (Wildman–Crippen MR) is 87.5 cm³/mol. The minimum absolute atomic E-state index is 0.0750. The van der Waals surface area contributed by atoms with E-state index in [0.29, 0.717) is 0 Å². The average molecular weight is 315 g/mol. The average Bonchev–Trinajstić information content (AvgIpc) is 2.90. The van der Waals surface area contributed by atoms with E-state index in [1.54, 1.807) is 11.8 Å². The van der Waals surface area contributed by atoms with Crippen molar-refractivity contribution < 1.29 is 4.79 Å². The molecule has 1 amide bonds. The van der Waals surface area contributed by atoms with Crippen LogP contribution in [0.25, 0.3) is 0 Å². The first-order valence-corrected chi connectivity index (χ1v) is 8.07. The highest BCUT2D eigenvalue weighted by molar-refractivity contribution is 7.99. The van der Waals surface area contributed by atoms with Crippen LogP contribution in [0.4, 0.5) is 5.69 Å². The van der Waals surface area contributed by atoms with Crippen molar-refractivity contribution in [1.82, 2.24) is 14.9 Å². The highest BCUT2D eigenvalue weighted by Crippen LogP contribution is 2.26. The number of carbonyl (C=O) groups is 1. The lowest BCUT2D eigenvalue weighted by molar-refractivity contribution is -0.114. The zero-order valence-corrected chi connectivity index (χ0v) is 13.5. The highest BCUT2D eigenvalue weighted by Gasteiger charge is 2.21. The smallest absolute Gasteiger partial charge is 0.221 e. The molecule has 0 atom stereocenters. The summed E-state index contributed by atoms with van der Waals surface area (Å²) in [5.74, 6) is 1.83. The number of thioether (sulfide) groups is 1. The van der Waals surface area contributed by atoms with Crippen LogP contribution < -0.4 is 5.32 Å². The van der Waals surface area contributed by atoms with Crippen LogP contribution in [-0.2, 0) is 4.79 Å². The van der Waals surface area contributed by atoms with E-state index >= 15 is 0 Å². The fraction of sp³-hybridized carbons (Fsp3) is 0.333. The van der Waals surface area contributed by atoms with E-state index in [4.69, 9.17) is 0 Å². The van der Waals surface area contributed by atoms with Crippen molar-refractivity contribution in [2.24, 2.45) is 5.10 Å². The molecule has 0 saturated carbocycles. The van der Waals surface area contributed by atoms with Gasteiger partial charge in [-0.1, -0.05) is 37.7 Å². The minimum Gasteiger partial charge on any atom is -0.326 e. The van der Waals surface area contributed by atoms with Crippen LogP contribution in [0, 0.1) is 0 Å². The van der Waals surface area contributed by atoms with Crippen molar-refractivity contribution in [3.8, 4) is 0 Å². The molecule has 1 aliphatic rings. The number of rotatable bonds is 3.